The lowest BCUT2D eigenvalue weighted by atomic mass is 9.64. The molecule has 1 spiro atoms. The number of halogens is 1. The molecule has 7 rings (SSSR count). The summed E-state index contributed by atoms with van der Waals surface area (Å²) in [5.41, 5.74) is 1.63. The minimum atomic E-state index is -1.65. The van der Waals surface area contributed by atoms with Gasteiger partial charge in [0.05, 0.1) is 20.3 Å². The van der Waals surface area contributed by atoms with Crippen LogP contribution in [-0.2, 0) is 0 Å². The number of ether oxygens (including phenoxy) is 2. The summed E-state index contributed by atoms with van der Waals surface area (Å²) >= 11 is 6.38. The monoisotopic (exact) mass is 575 g/mol. The minimum absolute atomic E-state index is 0.208. The van der Waals surface area contributed by atoms with Crippen molar-refractivity contribution in [2.24, 2.45) is 5.41 Å². The van der Waals surface area contributed by atoms with Crippen LogP contribution < -0.4 is 14.4 Å². The maximum absolute atomic E-state index is 14.8. The van der Waals surface area contributed by atoms with Gasteiger partial charge in [-0.25, -0.2) is 0 Å². The van der Waals surface area contributed by atoms with Crippen molar-refractivity contribution < 1.29 is 23.9 Å². The molecule has 0 saturated carbocycles. The van der Waals surface area contributed by atoms with Gasteiger partial charge in [-0.2, -0.15) is 0 Å². The van der Waals surface area contributed by atoms with E-state index in [1.807, 2.05) is 53.5 Å². The highest BCUT2D eigenvalue weighted by atomic mass is 35.5. The zero-order valence-corrected chi connectivity index (χ0v) is 23.7. The summed E-state index contributed by atoms with van der Waals surface area (Å²) in [7, 11) is 3.06. The number of methoxy groups -OCH3 is 2. The Morgan fingerprint density at radius 1 is 0.833 bits per heavy atom. The molecule has 1 fully saturated rings. The van der Waals surface area contributed by atoms with Gasteiger partial charge in [-0.3, -0.25) is 14.4 Å². The van der Waals surface area contributed by atoms with Crippen LogP contribution in [0.3, 0.4) is 0 Å². The standard InChI is InChI=1S/C35H26ClNO5/c1-41-27-14-8-13-25(32(27)42-2)29-30(31(38)20-9-4-3-5-10-20)37-26-17-16-22(36)19-21(26)15-18-28(37)35(29)33(39)23-11-6-7-12-24(23)34(35)40/h3-19,28-30H,1-2H3/t28-,29+,30+/m1/s1. The van der Waals surface area contributed by atoms with Gasteiger partial charge in [0.25, 0.3) is 0 Å². The molecule has 7 heteroatoms. The van der Waals surface area contributed by atoms with Crippen LogP contribution in [0.5, 0.6) is 11.5 Å². The molecule has 3 atom stereocenters. The Labute approximate surface area is 248 Å². The van der Waals surface area contributed by atoms with E-state index in [1.165, 1.54) is 14.2 Å². The van der Waals surface area contributed by atoms with Gasteiger partial charge in [0.1, 0.15) is 11.5 Å². The van der Waals surface area contributed by atoms with Crippen LogP contribution >= 0.6 is 11.6 Å². The van der Waals surface area contributed by atoms with E-state index in [1.54, 1.807) is 54.6 Å². The molecule has 3 aliphatic rings. The van der Waals surface area contributed by atoms with Crippen LogP contribution in [0.1, 0.15) is 48.1 Å². The van der Waals surface area contributed by atoms with Crippen molar-refractivity contribution in [3.8, 4) is 11.5 Å². The van der Waals surface area contributed by atoms with Crippen LogP contribution in [0.2, 0.25) is 5.02 Å². The highest BCUT2D eigenvalue weighted by molar-refractivity contribution is 6.33. The molecule has 42 heavy (non-hydrogen) atoms. The SMILES string of the molecule is COc1cccc([C@H]2[C@@H](C(=O)c3ccccc3)N3c4ccc(Cl)cc4C=C[C@@H]3C23C(=O)c2ccccc2C3=O)c1OC. The number of hydrogen-bond donors (Lipinski definition) is 0. The number of carbonyl (C=O) groups is 3. The third-order valence-corrected chi connectivity index (χ3v) is 9.10. The summed E-state index contributed by atoms with van der Waals surface area (Å²) in [6.07, 6.45) is 3.77. The molecular weight excluding hydrogens is 550 g/mol. The molecular formula is C35H26ClNO5. The van der Waals surface area contributed by atoms with Gasteiger partial charge in [0, 0.05) is 38.9 Å². The van der Waals surface area contributed by atoms with Crippen LogP contribution in [-0.4, -0.2) is 43.7 Å². The molecule has 2 heterocycles. The van der Waals surface area contributed by atoms with Crippen molar-refractivity contribution in [2.75, 3.05) is 19.1 Å². The van der Waals surface area contributed by atoms with Crippen LogP contribution in [0.4, 0.5) is 5.69 Å². The normalized spacial score (nSPS) is 21.2. The maximum Gasteiger partial charge on any atom is 0.185 e. The van der Waals surface area contributed by atoms with Gasteiger partial charge in [-0.1, -0.05) is 90.5 Å². The summed E-state index contributed by atoms with van der Waals surface area (Å²) in [6, 6.07) is 25.0. The molecule has 0 aromatic heterocycles. The predicted molar refractivity (Wildman–Crippen MR) is 161 cm³/mol. The van der Waals surface area contributed by atoms with Crippen LogP contribution in [0.15, 0.2) is 97.1 Å². The van der Waals surface area contributed by atoms with Crippen molar-refractivity contribution in [3.63, 3.8) is 0 Å². The van der Waals surface area contributed by atoms with E-state index in [4.69, 9.17) is 21.1 Å². The third-order valence-electron chi connectivity index (χ3n) is 8.86. The van der Waals surface area contributed by atoms with Crippen LogP contribution in [0, 0.1) is 5.41 Å². The van der Waals surface area contributed by atoms with E-state index >= 15 is 0 Å². The fraction of sp³-hybridized carbons (Fsp3) is 0.171. The minimum Gasteiger partial charge on any atom is -0.493 e. The first kappa shape index (κ1) is 26.2. The molecule has 208 valence electrons. The van der Waals surface area contributed by atoms with Crippen molar-refractivity contribution in [2.45, 2.75) is 18.0 Å². The van der Waals surface area contributed by atoms with Crippen molar-refractivity contribution in [1.82, 2.24) is 0 Å². The van der Waals surface area contributed by atoms with E-state index in [9.17, 15) is 14.4 Å². The lowest BCUT2D eigenvalue weighted by Crippen LogP contribution is -2.48. The molecule has 0 N–H and O–H groups in total. The molecule has 1 aliphatic carbocycles. The van der Waals surface area contributed by atoms with Gasteiger partial charge in [-0.15, -0.1) is 0 Å². The molecule has 0 unspecified atom stereocenters. The Morgan fingerprint density at radius 3 is 2.19 bits per heavy atom. The second-order valence-electron chi connectivity index (χ2n) is 10.7. The van der Waals surface area contributed by atoms with E-state index in [2.05, 4.69) is 0 Å². The first-order valence-corrected chi connectivity index (χ1v) is 14.1. The number of hydrogen-bond acceptors (Lipinski definition) is 6. The van der Waals surface area contributed by atoms with Gasteiger partial charge < -0.3 is 14.4 Å². The predicted octanol–water partition coefficient (Wildman–Crippen LogP) is 6.67. The smallest absolute Gasteiger partial charge is 0.185 e. The Balaban J connectivity index is 1.59. The van der Waals surface area contributed by atoms with E-state index in [0.29, 0.717) is 38.8 Å². The number of ketones is 3. The molecule has 0 radical (unpaired) electrons. The maximum atomic E-state index is 14.8. The topological polar surface area (TPSA) is 72.9 Å². The molecule has 1 saturated heterocycles. The zero-order chi connectivity index (χ0) is 29.2. The summed E-state index contributed by atoms with van der Waals surface area (Å²) in [5, 5.41) is 0.545. The van der Waals surface area contributed by atoms with Crippen LogP contribution in [0.25, 0.3) is 6.08 Å². The highest BCUT2D eigenvalue weighted by Crippen LogP contribution is 2.62. The number of benzene rings is 4. The van der Waals surface area contributed by atoms with Crippen molar-refractivity contribution in [3.05, 3.63) is 130 Å². The van der Waals surface area contributed by atoms with E-state index < -0.39 is 23.4 Å². The average molecular weight is 576 g/mol. The Morgan fingerprint density at radius 2 is 1.52 bits per heavy atom. The number of fused-ring (bicyclic) bond motifs is 5. The number of nitrogens with zero attached hydrogens (tertiary/aromatic N) is 1. The fourth-order valence-corrected chi connectivity index (χ4v) is 7.40. The highest BCUT2D eigenvalue weighted by Gasteiger charge is 2.72. The Bertz CT molecular complexity index is 1780. The first-order valence-electron chi connectivity index (χ1n) is 13.7. The first-order chi connectivity index (χ1) is 20.4. The molecule has 0 bridgehead atoms. The van der Waals surface area contributed by atoms with Gasteiger partial charge in [-0.05, 0) is 29.8 Å². The number of carbonyl (C=O) groups excluding carboxylic acids is 3. The summed E-state index contributed by atoms with van der Waals surface area (Å²) in [5.74, 6) is -0.915. The van der Waals surface area contributed by atoms with Gasteiger partial charge >= 0.3 is 0 Å². The molecule has 6 nitrogen and oxygen atoms in total. The molecule has 2 aliphatic heterocycles. The number of Topliss-reactive ketones (excluding diaryl/α,β-unsaturated/α-hetero) is 3. The largest absolute Gasteiger partial charge is 0.493 e. The van der Waals surface area contributed by atoms with Crippen molar-refractivity contribution >= 4 is 40.7 Å². The second-order valence-corrected chi connectivity index (χ2v) is 11.2. The zero-order valence-electron chi connectivity index (χ0n) is 22.9. The number of rotatable bonds is 5. The van der Waals surface area contributed by atoms with E-state index in [0.717, 1.165) is 11.3 Å². The summed E-state index contributed by atoms with van der Waals surface area (Å²) < 4.78 is 11.5. The van der Waals surface area contributed by atoms with Crippen molar-refractivity contribution in [1.29, 1.82) is 0 Å². The second kappa shape index (κ2) is 9.71. The Kier molecular flexibility index (Phi) is 6.06. The van der Waals surface area contributed by atoms with Gasteiger partial charge in [0.15, 0.2) is 28.8 Å². The lowest BCUT2D eigenvalue weighted by Gasteiger charge is -2.37. The molecule has 0 amide bonds. The molecule has 4 aromatic rings. The van der Waals surface area contributed by atoms with E-state index in [-0.39, 0.29) is 17.3 Å². The lowest BCUT2D eigenvalue weighted by molar-refractivity contribution is 0.0664. The summed E-state index contributed by atoms with van der Waals surface area (Å²) in [6.45, 7) is 0. The quantitative estimate of drug-likeness (QED) is 0.195. The van der Waals surface area contributed by atoms with Gasteiger partial charge in [0.2, 0.25) is 0 Å². The Hall–Kier alpha value is -4.68. The summed E-state index contributed by atoms with van der Waals surface area (Å²) in [4.78, 5) is 46.3. The fourth-order valence-electron chi connectivity index (χ4n) is 7.22. The molecule has 4 aromatic carbocycles. The number of anilines is 1. The number of para-hydroxylation sites is 1. The average Bonchev–Trinajstić information content (AvgIpc) is 3.46. The third kappa shape index (κ3) is 3.42.